The number of nitro benzene ring substituents is 1. The van der Waals surface area contributed by atoms with E-state index in [1.54, 1.807) is 36.4 Å². The van der Waals surface area contributed by atoms with Crippen LogP contribution in [0.1, 0.15) is 15.9 Å². The van der Waals surface area contributed by atoms with E-state index >= 15 is 0 Å². The Bertz CT molecular complexity index is 923. The highest BCUT2D eigenvalue weighted by Crippen LogP contribution is 2.29. The summed E-state index contributed by atoms with van der Waals surface area (Å²) in [6, 6.07) is 11.8. The van der Waals surface area contributed by atoms with Gasteiger partial charge in [-0.25, -0.2) is 0 Å². The second-order valence-electron chi connectivity index (χ2n) is 6.96. The third-order valence-electron chi connectivity index (χ3n) is 4.95. The average Bonchev–Trinajstić information content (AvgIpc) is 2.77. The molecule has 1 heterocycles. The van der Waals surface area contributed by atoms with Crippen LogP contribution in [0.5, 0.6) is 11.5 Å². The van der Waals surface area contributed by atoms with E-state index in [4.69, 9.17) is 9.47 Å². The van der Waals surface area contributed by atoms with Crippen molar-refractivity contribution in [1.82, 2.24) is 9.80 Å². The van der Waals surface area contributed by atoms with Crippen LogP contribution >= 0.6 is 0 Å². The summed E-state index contributed by atoms with van der Waals surface area (Å²) in [6.45, 7) is 7.17. The van der Waals surface area contributed by atoms with Gasteiger partial charge in [-0.05, 0) is 23.8 Å². The van der Waals surface area contributed by atoms with Crippen molar-refractivity contribution in [1.29, 1.82) is 0 Å². The maximum absolute atomic E-state index is 12.9. The first-order chi connectivity index (χ1) is 14.5. The van der Waals surface area contributed by atoms with Gasteiger partial charge in [0.1, 0.15) is 6.61 Å². The van der Waals surface area contributed by atoms with Crippen LogP contribution in [0, 0.1) is 10.1 Å². The Kier molecular flexibility index (Phi) is 7.03. The van der Waals surface area contributed by atoms with Gasteiger partial charge in [0.2, 0.25) is 0 Å². The van der Waals surface area contributed by atoms with E-state index in [0.29, 0.717) is 56.4 Å². The molecule has 1 saturated heterocycles. The van der Waals surface area contributed by atoms with Gasteiger partial charge in [0.25, 0.3) is 11.6 Å². The molecule has 2 aromatic rings. The number of non-ortho nitro benzene ring substituents is 1. The summed E-state index contributed by atoms with van der Waals surface area (Å²) in [4.78, 5) is 27.5. The van der Waals surface area contributed by atoms with Crippen LogP contribution in [0.2, 0.25) is 0 Å². The summed E-state index contributed by atoms with van der Waals surface area (Å²) in [5.74, 6) is 1.02. The molecule has 1 aliphatic rings. The first-order valence-electron chi connectivity index (χ1n) is 9.68. The lowest BCUT2D eigenvalue weighted by atomic mass is 10.1. The number of ether oxygens (including phenoxy) is 2. The van der Waals surface area contributed by atoms with Crippen LogP contribution in [0.3, 0.4) is 0 Å². The van der Waals surface area contributed by atoms with Gasteiger partial charge < -0.3 is 14.4 Å². The quantitative estimate of drug-likeness (QED) is 0.377. The molecule has 8 nitrogen and oxygen atoms in total. The minimum Gasteiger partial charge on any atom is -0.493 e. The lowest BCUT2D eigenvalue weighted by Gasteiger charge is -2.34. The van der Waals surface area contributed by atoms with E-state index in [0.717, 1.165) is 5.56 Å². The Morgan fingerprint density at radius 1 is 1.17 bits per heavy atom. The predicted molar refractivity (Wildman–Crippen MR) is 113 cm³/mol. The lowest BCUT2D eigenvalue weighted by Crippen LogP contribution is -2.48. The Hall–Kier alpha value is -3.39. The summed E-state index contributed by atoms with van der Waals surface area (Å²) in [7, 11) is 1.54. The zero-order valence-electron chi connectivity index (χ0n) is 17.0. The van der Waals surface area contributed by atoms with Crippen molar-refractivity contribution in [2.75, 3.05) is 39.9 Å². The largest absolute Gasteiger partial charge is 0.493 e. The van der Waals surface area contributed by atoms with E-state index in [1.165, 1.54) is 13.2 Å². The van der Waals surface area contributed by atoms with Crippen LogP contribution in [0.25, 0.3) is 0 Å². The standard InChI is InChI=1S/C22H25N3O5/c1-3-13-30-20-8-7-18(15-21(20)29-2)22(26)24-11-9-23(10-12-24)16-17-5-4-6-19(14-17)25(27)28/h3-8,14-15H,1,9-13,16H2,2H3. The van der Waals surface area contributed by atoms with E-state index in [-0.39, 0.29) is 16.5 Å². The van der Waals surface area contributed by atoms with Crippen molar-refractivity contribution in [3.8, 4) is 11.5 Å². The number of hydrogen-bond donors (Lipinski definition) is 0. The molecule has 0 N–H and O–H groups in total. The number of nitrogens with zero attached hydrogens (tertiary/aromatic N) is 3. The van der Waals surface area contributed by atoms with Gasteiger partial charge in [0, 0.05) is 50.4 Å². The van der Waals surface area contributed by atoms with Crippen molar-refractivity contribution >= 4 is 11.6 Å². The predicted octanol–water partition coefficient (Wildman–Crippen LogP) is 3.13. The molecule has 1 fully saturated rings. The van der Waals surface area contributed by atoms with Crippen LogP contribution in [0.15, 0.2) is 55.1 Å². The third-order valence-corrected chi connectivity index (χ3v) is 4.95. The summed E-state index contributed by atoms with van der Waals surface area (Å²) in [5.41, 5.74) is 1.53. The van der Waals surface area contributed by atoms with Crippen LogP contribution in [-0.4, -0.2) is 60.5 Å². The third kappa shape index (κ3) is 5.15. The van der Waals surface area contributed by atoms with Gasteiger partial charge in [-0.15, -0.1) is 0 Å². The Labute approximate surface area is 175 Å². The van der Waals surface area contributed by atoms with Crippen LogP contribution < -0.4 is 9.47 Å². The summed E-state index contributed by atoms with van der Waals surface area (Å²) in [5, 5.41) is 10.9. The molecule has 158 valence electrons. The van der Waals surface area contributed by atoms with Gasteiger partial charge in [-0.3, -0.25) is 19.8 Å². The number of carbonyl (C=O) groups excluding carboxylic acids is 1. The number of amides is 1. The molecule has 1 amide bonds. The molecule has 0 radical (unpaired) electrons. The molecule has 0 atom stereocenters. The number of rotatable bonds is 8. The zero-order valence-corrected chi connectivity index (χ0v) is 17.0. The number of benzene rings is 2. The summed E-state index contributed by atoms with van der Waals surface area (Å²) < 4.78 is 10.9. The first kappa shape index (κ1) is 21.3. The monoisotopic (exact) mass is 411 g/mol. The molecular formula is C22H25N3O5. The number of methoxy groups -OCH3 is 1. The minimum absolute atomic E-state index is 0.0569. The fourth-order valence-corrected chi connectivity index (χ4v) is 3.39. The maximum Gasteiger partial charge on any atom is 0.269 e. The fraction of sp³-hybridized carbons (Fsp3) is 0.318. The smallest absolute Gasteiger partial charge is 0.269 e. The van der Waals surface area contributed by atoms with Gasteiger partial charge in [0.15, 0.2) is 11.5 Å². The molecule has 3 rings (SSSR count). The minimum atomic E-state index is -0.387. The first-order valence-corrected chi connectivity index (χ1v) is 9.68. The van der Waals surface area contributed by atoms with Gasteiger partial charge in [-0.2, -0.15) is 0 Å². The van der Waals surface area contributed by atoms with Crippen molar-refractivity contribution in [2.45, 2.75) is 6.54 Å². The van der Waals surface area contributed by atoms with Crippen molar-refractivity contribution < 1.29 is 19.2 Å². The van der Waals surface area contributed by atoms with E-state index in [1.807, 2.05) is 11.0 Å². The van der Waals surface area contributed by atoms with Crippen LogP contribution in [-0.2, 0) is 6.54 Å². The topological polar surface area (TPSA) is 85.2 Å². The molecule has 1 aliphatic heterocycles. The van der Waals surface area contributed by atoms with Gasteiger partial charge >= 0.3 is 0 Å². The van der Waals surface area contributed by atoms with E-state index in [2.05, 4.69) is 11.5 Å². The number of carbonyl (C=O) groups is 1. The molecule has 0 spiro atoms. The second-order valence-corrected chi connectivity index (χ2v) is 6.96. The molecule has 8 heteroatoms. The Balaban J connectivity index is 1.59. The molecule has 0 aromatic heterocycles. The van der Waals surface area contributed by atoms with Gasteiger partial charge in [0.05, 0.1) is 12.0 Å². The summed E-state index contributed by atoms with van der Waals surface area (Å²) >= 11 is 0. The van der Waals surface area contributed by atoms with Crippen molar-refractivity contribution in [2.24, 2.45) is 0 Å². The molecule has 0 bridgehead atoms. The molecule has 0 unspecified atom stereocenters. The molecule has 2 aromatic carbocycles. The zero-order chi connectivity index (χ0) is 21.5. The number of nitro groups is 1. The highest BCUT2D eigenvalue weighted by Gasteiger charge is 2.23. The molecule has 0 saturated carbocycles. The SMILES string of the molecule is C=CCOc1ccc(C(=O)N2CCN(Cc3cccc([N+](=O)[O-])c3)CC2)cc1OC. The number of hydrogen-bond acceptors (Lipinski definition) is 6. The molecular weight excluding hydrogens is 386 g/mol. The Morgan fingerprint density at radius 2 is 1.93 bits per heavy atom. The van der Waals surface area contributed by atoms with Gasteiger partial charge in [-0.1, -0.05) is 24.8 Å². The van der Waals surface area contributed by atoms with Crippen LogP contribution in [0.4, 0.5) is 5.69 Å². The Morgan fingerprint density at radius 3 is 2.60 bits per heavy atom. The van der Waals surface area contributed by atoms with E-state index < -0.39 is 0 Å². The highest BCUT2D eigenvalue weighted by molar-refractivity contribution is 5.95. The van der Waals surface area contributed by atoms with E-state index in [9.17, 15) is 14.9 Å². The summed E-state index contributed by atoms with van der Waals surface area (Å²) in [6.07, 6.45) is 1.64. The molecule has 30 heavy (non-hydrogen) atoms. The normalized spacial score (nSPS) is 14.2. The average molecular weight is 411 g/mol. The van der Waals surface area contributed by atoms with Crippen molar-refractivity contribution in [3.05, 3.63) is 76.4 Å². The second kappa shape index (κ2) is 9.89. The fourth-order valence-electron chi connectivity index (χ4n) is 3.39. The number of piperazine rings is 1. The lowest BCUT2D eigenvalue weighted by molar-refractivity contribution is -0.384. The maximum atomic E-state index is 12.9. The highest BCUT2D eigenvalue weighted by atomic mass is 16.6. The van der Waals surface area contributed by atoms with Crippen molar-refractivity contribution in [3.63, 3.8) is 0 Å². The molecule has 0 aliphatic carbocycles.